The Balaban J connectivity index is 1.15. The molecule has 1 saturated carbocycles. The maximum atomic E-state index is 12.6. The van der Waals surface area contributed by atoms with Crippen LogP contribution in [-0.4, -0.2) is 68.3 Å². The largest absolute Gasteiger partial charge is 0.477 e. The molecular formula is C26H31N7O3. The Bertz CT molecular complexity index is 1280. The summed E-state index contributed by atoms with van der Waals surface area (Å²) in [5.41, 5.74) is 1.57. The predicted molar refractivity (Wildman–Crippen MR) is 136 cm³/mol. The smallest absolute Gasteiger partial charge is 0.410 e. The summed E-state index contributed by atoms with van der Waals surface area (Å²) in [4.78, 5) is 34.7. The Labute approximate surface area is 210 Å². The van der Waals surface area contributed by atoms with Crippen LogP contribution in [0.4, 0.5) is 22.1 Å². The van der Waals surface area contributed by atoms with Crippen LogP contribution in [-0.2, 0) is 4.74 Å². The molecule has 2 saturated heterocycles. The van der Waals surface area contributed by atoms with E-state index in [1.807, 2.05) is 49.9 Å². The van der Waals surface area contributed by atoms with Gasteiger partial charge >= 0.3 is 6.09 Å². The number of hydrogen-bond acceptors (Lipinski definition) is 9. The molecule has 0 atom stereocenters. The molecule has 10 nitrogen and oxygen atoms in total. The Hall–Kier alpha value is -3.69. The van der Waals surface area contributed by atoms with Crippen LogP contribution < -0.4 is 15.0 Å². The highest BCUT2D eigenvalue weighted by Crippen LogP contribution is 2.42. The summed E-state index contributed by atoms with van der Waals surface area (Å²) in [6.07, 6.45) is 6.49. The summed E-state index contributed by atoms with van der Waals surface area (Å²) < 4.78 is 11.3. The number of rotatable bonds is 6. The van der Waals surface area contributed by atoms with Gasteiger partial charge in [0, 0.05) is 25.7 Å². The maximum absolute atomic E-state index is 12.6. The van der Waals surface area contributed by atoms with Gasteiger partial charge in [-0.25, -0.2) is 24.7 Å². The molecule has 0 unspecified atom stereocenters. The van der Waals surface area contributed by atoms with Gasteiger partial charge in [-0.1, -0.05) is 0 Å². The van der Waals surface area contributed by atoms with Crippen molar-refractivity contribution in [2.24, 2.45) is 5.92 Å². The van der Waals surface area contributed by atoms with Crippen LogP contribution in [0.5, 0.6) is 5.88 Å². The minimum atomic E-state index is -0.500. The highest BCUT2D eigenvalue weighted by molar-refractivity contribution is 5.88. The van der Waals surface area contributed by atoms with Gasteiger partial charge in [0.2, 0.25) is 5.88 Å². The highest BCUT2D eigenvalue weighted by atomic mass is 16.6. The standard InChI is InChI=1S/C26H31N7O3/c1-25(2,3)36-24(34)33-11-10-26(33)14-32(15-26)20-8-7-19-22(31-20)23(29-16-28-19)30-18-6-9-21(27-12-18)35-13-17-4-5-17/h6-9,12,16-17H,4-5,10-11,13-15H2,1-3H3,(H,28,29,30). The lowest BCUT2D eigenvalue weighted by Crippen LogP contribution is -2.78. The molecular weight excluding hydrogens is 458 g/mol. The number of aromatic nitrogens is 4. The first-order valence-electron chi connectivity index (χ1n) is 12.5. The molecule has 6 rings (SSSR count). The molecule has 1 aliphatic carbocycles. The van der Waals surface area contributed by atoms with Crippen molar-refractivity contribution in [2.75, 3.05) is 36.5 Å². The van der Waals surface area contributed by atoms with Gasteiger partial charge < -0.3 is 19.7 Å². The van der Waals surface area contributed by atoms with Crippen LogP contribution in [0.25, 0.3) is 11.0 Å². The number of anilines is 3. The molecule has 10 heteroatoms. The number of fused-ring (bicyclic) bond motifs is 1. The lowest BCUT2D eigenvalue weighted by atomic mass is 9.78. The Kier molecular flexibility index (Phi) is 5.35. The number of carbonyl (C=O) groups excluding carboxylic acids is 1. The SMILES string of the molecule is CC(C)(C)OC(=O)N1CCC12CN(c1ccc3ncnc(Nc4ccc(OCC5CC5)nc4)c3n1)C2. The van der Waals surface area contributed by atoms with Crippen molar-refractivity contribution in [3.63, 3.8) is 0 Å². The molecule has 0 aromatic carbocycles. The number of nitrogens with zero attached hydrogens (tertiary/aromatic N) is 6. The second-order valence-electron chi connectivity index (χ2n) is 11.0. The van der Waals surface area contributed by atoms with Crippen molar-refractivity contribution in [2.45, 2.75) is 51.2 Å². The fraction of sp³-hybridized carbons (Fsp3) is 0.500. The summed E-state index contributed by atoms with van der Waals surface area (Å²) in [6, 6.07) is 7.71. The maximum Gasteiger partial charge on any atom is 0.410 e. The van der Waals surface area contributed by atoms with E-state index in [2.05, 4.69) is 25.2 Å². The van der Waals surface area contributed by atoms with Gasteiger partial charge in [-0.2, -0.15) is 0 Å². The molecule has 2 aliphatic heterocycles. The van der Waals surface area contributed by atoms with Crippen LogP contribution in [0.2, 0.25) is 0 Å². The molecule has 0 bridgehead atoms. The van der Waals surface area contributed by atoms with Crippen LogP contribution >= 0.6 is 0 Å². The lowest BCUT2D eigenvalue weighted by molar-refractivity contribution is -0.0562. The second-order valence-corrected chi connectivity index (χ2v) is 11.0. The van der Waals surface area contributed by atoms with Crippen molar-refractivity contribution in [3.8, 4) is 5.88 Å². The number of nitrogens with one attached hydrogen (secondary N) is 1. The molecule has 36 heavy (non-hydrogen) atoms. The number of hydrogen-bond donors (Lipinski definition) is 1. The van der Waals surface area contributed by atoms with Gasteiger partial charge in [-0.05, 0) is 64.2 Å². The van der Waals surface area contributed by atoms with Crippen molar-refractivity contribution in [1.29, 1.82) is 0 Å². The van der Waals surface area contributed by atoms with E-state index in [1.165, 1.54) is 19.2 Å². The minimum Gasteiger partial charge on any atom is -0.477 e. The summed E-state index contributed by atoms with van der Waals surface area (Å²) in [5, 5.41) is 3.32. The van der Waals surface area contributed by atoms with E-state index < -0.39 is 5.60 Å². The molecule has 1 spiro atoms. The van der Waals surface area contributed by atoms with E-state index in [-0.39, 0.29) is 11.6 Å². The quantitative estimate of drug-likeness (QED) is 0.546. The van der Waals surface area contributed by atoms with Crippen molar-refractivity contribution in [1.82, 2.24) is 24.8 Å². The summed E-state index contributed by atoms with van der Waals surface area (Å²) >= 11 is 0. The fourth-order valence-corrected chi connectivity index (χ4v) is 4.66. The van der Waals surface area contributed by atoms with Crippen molar-refractivity contribution in [3.05, 3.63) is 36.8 Å². The first-order chi connectivity index (χ1) is 17.3. The third-order valence-corrected chi connectivity index (χ3v) is 6.91. The molecule has 1 N–H and O–H groups in total. The number of pyridine rings is 2. The topological polar surface area (TPSA) is 106 Å². The van der Waals surface area contributed by atoms with Crippen LogP contribution in [0, 0.1) is 5.92 Å². The average Bonchev–Trinajstić information content (AvgIpc) is 3.61. The molecule has 1 amide bonds. The molecule has 3 aliphatic rings. The molecule has 3 aromatic heterocycles. The third-order valence-electron chi connectivity index (χ3n) is 6.91. The molecule has 3 aromatic rings. The van der Waals surface area contributed by atoms with E-state index >= 15 is 0 Å². The first kappa shape index (κ1) is 22.8. The number of amides is 1. The summed E-state index contributed by atoms with van der Waals surface area (Å²) in [6.45, 7) is 8.60. The number of carbonyl (C=O) groups is 1. The van der Waals surface area contributed by atoms with E-state index in [0.29, 0.717) is 23.1 Å². The Morgan fingerprint density at radius 1 is 1.14 bits per heavy atom. The second kappa shape index (κ2) is 8.46. The third kappa shape index (κ3) is 4.47. The monoisotopic (exact) mass is 489 g/mol. The fourth-order valence-electron chi connectivity index (χ4n) is 4.66. The molecule has 3 fully saturated rings. The van der Waals surface area contributed by atoms with Crippen molar-refractivity contribution < 1.29 is 14.3 Å². The zero-order valence-electron chi connectivity index (χ0n) is 20.9. The first-order valence-corrected chi connectivity index (χ1v) is 12.5. The van der Waals surface area contributed by atoms with Gasteiger partial charge in [0.25, 0.3) is 0 Å². The Morgan fingerprint density at radius 3 is 2.64 bits per heavy atom. The van der Waals surface area contributed by atoms with Gasteiger partial charge in [0.15, 0.2) is 5.82 Å². The van der Waals surface area contributed by atoms with E-state index in [1.54, 1.807) is 6.20 Å². The molecule has 0 radical (unpaired) electrons. The van der Waals surface area contributed by atoms with E-state index in [9.17, 15) is 4.79 Å². The summed E-state index contributed by atoms with van der Waals surface area (Å²) in [5.74, 6) is 2.76. The number of likely N-dealkylation sites (tertiary alicyclic amines) is 1. The number of ether oxygens (including phenoxy) is 2. The van der Waals surface area contributed by atoms with E-state index in [0.717, 1.165) is 49.7 Å². The van der Waals surface area contributed by atoms with Crippen LogP contribution in [0.1, 0.15) is 40.0 Å². The van der Waals surface area contributed by atoms with Crippen LogP contribution in [0.15, 0.2) is 36.8 Å². The van der Waals surface area contributed by atoms with Gasteiger partial charge in [-0.3, -0.25) is 4.90 Å². The van der Waals surface area contributed by atoms with Crippen LogP contribution in [0.3, 0.4) is 0 Å². The predicted octanol–water partition coefficient (Wildman–Crippen LogP) is 4.15. The van der Waals surface area contributed by atoms with Gasteiger partial charge in [-0.15, -0.1) is 0 Å². The van der Waals surface area contributed by atoms with Gasteiger partial charge in [0.1, 0.15) is 23.3 Å². The molecule has 188 valence electrons. The Morgan fingerprint density at radius 2 is 1.97 bits per heavy atom. The van der Waals surface area contributed by atoms with E-state index in [4.69, 9.17) is 14.5 Å². The average molecular weight is 490 g/mol. The normalized spacial score (nSPS) is 18.5. The summed E-state index contributed by atoms with van der Waals surface area (Å²) in [7, 11) is 0. The molecule has 5 heterocycles. The zero-order chi connectivity index (χ0) is 24.9. The lowest BCUT2D eigenvalue weighted by Gasteiger charge is -2.62. The highest BCUT2D eigenvalue weighted by Gasteiger charge is 2.56. The zero-order valence-corrected chi connectivity index (χ0v) is 20.9. The van der Waals surface area contributed by atoms with Crippen molar-refractivity contribution >= 4 is 34.4 Å². The van der Waals surface area contributed by atoms with Gasteiger partial charge in [0.05, 0.1) is 29.5 Å². The minimum absolute atomic E-state index is 0.164.